The molecule has 0 aliphatic rings. The Morgan fingerprint density at radius 2 is 2.27 bits per heavy atom. The molecule has 1 heterocycles. The van der Waals surface area contributed by atoms with Gasteiger partial charge in [-0.15, -0.1) is 0 Å². The van der Waals surface area contributed by atoms with Gasteiger partial charge < -0.3 is 15.8 Å². The number of hydrogen-bond acceptors (Lipinski definition) is 2. The minimum Gasteiger partial charge on any atom is -0.385 e. The number of carbonyl (C=O) groups excluding carboxylic acids is 1. The van der Waals surface area contributed by atoms with Gasteiger partial charge in [-0.3, -0.25) is 4.79 Å². The third-order valence-electron chi connectivity index (χ3n) is 1.60. The van der Waals surface area contributed by atoms with E-state index < -0.39 is 5.91 Å². The molecule has 1 aromatic rings. The Bertz CT molecular complexity index is 305. The van der Waals surface area contributed by atoms with Crippen LogP contribution in [-0.2, 0) is 0 Å². The van der Waals surface area contributed by atoms with Gasteiger partial charge in [0.15, 0.2) is 0 Å². The van der Waals surface area contributed by atoms with Gasteiger partial charge >= 0.3 is 0 Å². The van der Waals surface area contributed by atoms with Crippen LogP contribution < -0.4 is 11.5 Å². The molecule has 4 nitrogen and oxygen atoms in total. The van der Waals surface area contributed by atoms with E-state index in [0.717, 1.165) is 5.56 Å². The van der Waals surface area contributed by atoms with Crippen molar-refractivity contribution in [2.45, 2.75) is 6.92 Å². The molecule has 0 aromatic carbocycles. The fraction of sp³-hybridized carbons (Fsp3) is 0.167. The molecule has 1 rings (SSSR count). The van der Waals surface area contributed by atoms with E-state index in [0.29, 0.717) is 11.4 Å². The molecule has 0 aliphatic heterocycles. The third kappa shape index (κ3) is 1.21. The lowest BCUT2D eigenvalue weighted by atomic mass is 10.2. The molecule has 0 radical (unpaired) electrons. The Morgan fingerprint density at radius 1 is 1.73 bits per heavy atom. The van der Waals surface area contributed by atoms with Gasteiger partial charge in [0.25, 0.3) is 5.91 Å². The second kappa shape index (κ2) is 2.55. The van der Waals surface area contributed by atoms with Crippen molar-refractivity contribution >= 4 is 21.1 Å². The SMILES string of the molecule is Cc1c(C(N)=O)cn(P)c1N. The zero-order valence-electron chi connectivity index (χ0n) is 6.16. The number of hydrogen-bond donors (Lipinski definition) is 2. The lowest BCUT2D eigenvalue weighted by Gasteiger charge is -1.94. The van der Waals surface area contributed by atoms with Crippen LogP contribution in [0.4, 0.5) is 5.82 Å². The first-order valence-electron chi connectivity index (χ1n) is 3.06. The predicted molar refractivity (Wildman–Crippen MR) is 47.2 cm³/mol. The van der Waals surface area contributed by atoms with Crippen LogP contribution in [0.15, 0.2) is 6.20 Å². The Morgan fingerprint density at radius 3 is 2.45 bits per heavy atom. The number of rotatable bonds is 1. The van der Waals surface area contributed by atoms with Crippen LogP contribution in [0.5, 0.6) is 0 Å². The van der Waals surface area contributed by atoms with E-state index in [-0.39, 0.29) is 0 Å². The van der Waals surface area contributed by atoms with Crippen LogP contribution in [0.3, 0.4) is 0 Å². The molecule has 1 aromatic heterocycles. The molecule has 0 saturated carbocycles. The predicted octanol–water partition coefficient (Wildman–Crippen LogP) is 0.116. The highest BCUT2D eigenvalue weighted by Crippen LogP contribution is 2.19. The van der Waals surface area contributed by atoms with Gasteiger partial charge in [0.05, 0.1) is 5.56 Å². The minimum atomic E-state index is -0.449. The first-order valence-corrected chi connectivity index (χ1v) is 3.58. The first kappa shape index (κ1) is 8.08. The van der Waals surface area contributed by atoms with E-state index in [4.69, 9.17) is 11.5 Å². The molecular formula is C6H10N3OP. The summed E-state index contributed by atoms with van der Waals surface area (Å²) in [7, 11) is 2.37. The molecule has 4 N–H and O–H groups in total. The third-order valence-corrected chi connectivity index (χ3v) is 2.03. The normalized spacial score (nSPS) is 10.0. The molecule has 0 bridgehead atoms. The highest BCUT2D eigenvalue weighted by molar-refractivity contribution is 7.14. The van der Waals surface area contributed by atoms with E-state index in [1.165, 1.54) is 0 Å². The number of primary amides is 1. The molecular weight excluding hydrogens is 161 g/mol. The van der Waals surface area contributed by atoms with Crippen LogP contribution >= 0.6 is 9.39 Å². The van der Waals surface area contributed by atoms with E-state index >= 15 is 0 Å². The van der Waals surface area contributed by atoms with Gasteiger partial charge in [-0.25, -0.2) is 0 Å². The minimum absolute atomic E-state index is 0.449. The zero-order valence-corrected chi connectivity index (χ0v) is 7.32. The number of aromatic nitrogens is 1. The molecule has 5 heteroatoms. The summed E-state index contributed by atoms with van der Waals surface area (Å²) in [6.07, 6.45) is 1.59. The molecule has 0 fully saturated rings. The number of nitrogens with zero attached hydrogens (tertiary/aromatic N) is 1. The summed E-state index contributed by atoms with van der Waals surface area (Å²) in [5.41, 5.74) is 11.9. The smallest absolute Gasteiger partial charge is 0.250 e. The van der Waals surface area contributed by atoms with Gasteiger partial charge in [0.1, 0.15) is 5.82 Å². The summed E-state index contributed by atoms with van der Waals surface area (Å²) in [5.74, 6) is 0.0965. The summed E-state index contributed by atoms with van der Waals surface area (Å²) < 4.78 is 1.59. The lowest BCUT2D eigenvalue weighted by molar-refractivity contribution is 0.1000. The van der Waals surface area contributed by atoms with Crippen LogP contribution in [0.1, 0.15) is 15.9 Å². The molecule has 0 aliphatic carbocycles. The Labute approximate surface area is 66.8 Å². The lowest BCUT2D eigenvalue weighted by Crippen LogP contribution is -2.11. The number of nitrogen functional groups attached to an aromatic ring is 1. The van der Waals surface area contributed by atoms with Crippen molar-refractivity contribution in [3.8, 4) is 0 Å². The molecule has 0 spiro atoms. The van der Waals surface area contributed by atoms with Crippen molar-refractivity contribution in [3.63, 3.8) is 0 Å². The van der Waals surface area contributed by atoms with Crippen molar-refractivity contribution in [2.24, 2.45) is 5.73 Å². The van der Waals surface area contributed by atoms with Crippen LogP contribution in [0.2, 0.25) is 0 Å². The van der Waals surface area contributed by atoms with Gasteiger partial charge in [-0.1, -0.05) is 0 Å². The number of anilines is 1. The Kier molecular flexibility index (Phi) is 1.87. The summed E-state index contributed by atoms with van der Waals surface area (Å²) in [6.45, 7) is 1.76. The van der Waals surface area contributed by atoms with Gasteiger partial charge in [0, 0.05) is 11.8 Å². The molecule has 1 unspecified atom stereocenters. The number of amides is 1. The van der Waals surface area contributed by atoms with Gasteiger partial charge in [0.2, 0.25) is 0 Å². The first-order chi connectivity index (χ1) is 5.04. The van der Waals surface area contributed by atoms with E-state index in [9.17, 15) is 4.79 Å². The molecule has 1 atom stereocenters. The van der Waals surface area contributed by atoms with Crippen LogP contribution in [-0.4, -0.2) is 10.2 Å². The van der Waals surface area contributed by atoms with Crippen molar-refractivity contribution in [3.05, 3.63) is 17.3 Å². The number of nitrogens with two attached hydrogens (primary N) is 2. The van der Waals surface area contributed by atoms with Crippen molar-refractivity contribution in [2.75, 3.05) is 5.73 Å². The molecule has 0 saturated heterocycles. The quantitative estimate of drug-likeness (QED) is 0.589. The van der Waals surface area contributed by atoms with E-state index in [2.05, 4.69) is 9.39 Å². The largest absolute Gasteiger partial charge is 0.385 e. The average Bonchev–Trinajstić information content (AvgIpc) is 2.17. The molecule has 11 heavy (non-hydrogen) atoms. The fourth-order valence-corrected chi connectivity index (χ4v) is 1.23. The average molecular weight is 171 g/mol. The van der Waals surface area contributed by atoms with Gasteiger partial charge in [-0.05, 0) is 16.3 Å². The second-order valence-corrected chi connectivity index (χ2v) is 2.88. The standard InChI is InChI=1S/C6H10N3OP/c1-3-4(6(8)10)2-9(11)5(3)7/h2H,7,11H2,1H3,(H2,8,10). The summed E-state index contributed by atoms with van der Waals surface area (Å²) in [6, 6.07) is 0. The van der Waals surface area contributed by atoms with Crippen LogP contribution in [0.25, 0.3) is 0 Å². The fourth-order valence-electron chi connectivity index (χ4n) is 0.885. The van der Waals surface area contributed by atoms with E-state index in [1.807, 2.05) is 0 Å². The summed E-state index contributed by atoms with van der Waals surface area (Å²) in [4.78, 5) is 10.7. The maximum Gasteiger partial charge on any atom is 0.250 e. The molecule has 1 amide bonds. The van der Waals surface area contributed by atoms with Gasteiger partial charge in [-0.2, -0.15) is 0 Å². The van der Waals surface area contributed by atoms with Crippen molar-refractivity contribution in [1.82, 2.24) is 4.34 Å². The topological polar surface area (TPSA) is 74.0 Å². The summed E-state index contributed by atoms with van der Waals surface area (Å²) >= 11 is 0. The highest BCUT2D eigenvalue weighted by atomic mass is 31.0. The maximum atomic E-state index is 10.7. The van der Waals surface area contributed by atoms with Crippen molar-refractivity contribution < 1.29 is 4.79 Å². The molecule has 60 valence electrons. The summed E-state index contributed by atoms with van der Waals surface area (Å²) in [5, 5.41) is 0. The Balaban J connectivity index is 3.29. The van der Waals surface area contributed by atoms with Crippen LogP contribution in [0, 0.1) is 6.92 Å². The Hall–Kier alpha value is -1.02. The number of carbonyl (C=O) groups is 1. The second-order valence-electron chi connectivity index (χ2n) is 2.32. The van der Waals surface area contributed by atoms with E-state index in [1.54, 1.807) is 17.5 Å². The maximum absolute atomic E-state index is 10.7. The monoisotopic (exact) mass is 171 g/mol. The zero-order chi connectivity index (χ0) is 8.59. The highest BCUT2D eigenvalue weighted by Gasteiger charge is 2.10. The van der Waals surface area contributed by atoms with Crippen molar-refractivity contribution in [1.29, 1.82) is 0 Å².